The minimum Gasteiger partial charge on any atom is -0.496 e. The second kappa shape index (κ2) is 9.41. The number of para-hydroxylation sites is 1. The van der Waals surface area contributed by atoms with Crippen molar-refractivity contribution in [3.8, 4) is 5.75 Å². The molecule has 29 heavy (non-hydrogen) atoms. The summed E-state index contributed by atoms with van der Waals surface area (Å²) in [4.78, 5) is 16.8. The first kappa shape index (κ1) is 19.9. The van der Waals surface area contributed by atoms with Gasteiger partial charge in [0.25, 0.3) is 0 Å². The van der Waals surface area contributed by atoms with E-state index in [1.165, 1.54) is 29.7 Å². The fraction of sp³-hybridized carbons (Fsp3) is 0.550. The molecular weight excluding hydrogens is 388 g/mol. The van der Waals surface area contributed by atoms with Crippen LogP contribution in [0.3, 0.4) is 0 Å². The van der Waals surface area contributed by atoms with Gasteiger partial charge in [0.1, 0.15) is 5.75 Å². The van der Waals surface area contributed by atoms with Gasteiger partial charge in [0.05, 0.1) is 7.11 Å². The molecular formula is C20H28N6O2S. The molecule has 2 amide bonds. The van der Waals surface area contributed by atoms with Crippen molar-refractivity contribution in [2.24, 2.45) is 0 Å². The van der Waals surface area contributed by atoms with Gasteiger partial charge in [-0.25, -0.2) is 4.79 Å². The van der Waals surface area contributed by atoms with Crippen molar-refractivity contribution in [1.29, 1.82) is 0 Å². The molecule has 8 nitrogen and oxygen atoms in total. The highest BCUT2D eigenvalue weighted by atomic mass is 32.1. The molecule has 2 N–H and O–H groups in total. The van der Waals surface area contributed by atoms with Crippen molar-refractivity contribution in [2.75, 3.05) is 43.5 Å². The van der Waals surface area contributed by atoms with Crippen molar-refractivity contribution in [3.05, 3.63) is 29.8 Å². The van der Waals surface area contributed by atoms with E-state index in [1.54, 1.807) is 7.11 Å². The second-order valence-electron chi connectivity index (χ2n) is 7.54. The number of carbonyl (C=O) groups is 1. The zero-order valence-corrected chi connectivity index (χ0v) is 17.6. The number of amides is 2. The van der Waals surface area contributed by atoms with Gasteiger partial charge < -0.3 is 15.0 Å². The summed E-state index contributed by atoms with van der Waals surface area (Å²) in [6.07, 6.45) is 4.51. The molecule has 2 aromatic rings. The van der Waals surface area contributed by atoms with Gasteiger partial charge in [0.2, 0.25) is 10.3 Å². The summed E-state index contributed by atoms with van der Waals surface area (Å²) in [5, 5.41) is 15.7. The first-order valence-electron chi connectivity index (χ1n) is 10.2. The molecule has 1 aliphatic carbocycles. The second-order valence-corrected chi connectivity index (χ2v) is 8.50. The minimum absolute atomic E-state index is 0.179. The van der Waals surface area contributed by atoms with E-state index in [9.17, 15) is 4.79 Å². The van der Waals surface area contributed by atoms with Gasteiger partial charge in [-0.2, -0.15) is 0 Å². The van der Waals surface area contributed by atoms with Crippen LogP contribution in [0.5, 0.6) is 5.75 Å². The number of nitrogens with one attached hydrogen (secondary N) is 2. The average Bonchev–Trinajstić information content (AvgIpc) is 3.41. The van der Waals surface area contributed by atoms with Gasteiger partial charge in [0, 0.05) is 44.3 Å². The summed E-state index contributed by atoms with van der Waals surface area (Å²) < 4.78 is 5.46. The fourth-order valence-corrected chi connectivity index (χ4v) is 4.75. The zero-order chi connectivity index (χ0) is 20.1. The Hall–Kier alpha value is -2.39. The number of ether oxygens (including phenoxy) is 1. The molecule has 1 aliphatic heterocycles. The number of hydrogen-bond acceptors (Lipinski definition) is 7. The van der Waals surface area contributed by atoms with Crippen LogP contribution in [0.4, 0.5) is 15.1 Å². The topological polar surface area (TPSA) is 82.6 Å². The number of carbonyl (C=O) groups excluding carboxylic acids is 1. The monoisotopic (exact) mass is 416 g/mol. The molecule has 0 unspecified atom stereocenters. The summed E-state index contributed by atoms with van der Waals surface area (Å²) >= 11 is 1.43. The molecule has 1 aromatic carbocycles. The molecule has 9 heteroatoms. The molecule has 1 saturated heterocycles. The van der Waals surface area contributed by atoms with Crippen LogP contribution in [-0.4, -0.2) is 60.5 Å². The van der Waals surface area contributed by atoms with E-state index >= 15 is 0 Å². The smallest absolute Gasteiger partial charge is 0.321 e. The highest BCUT2D eigenvalue weighted by Crippen LogP contribution is 2.26. The van der Waals surface area contributed by atoms with Gasteiger partial charge in [-0.3, -0.25) is 10.2 Å². The largest absolute Gasteiger partial charge is 0.496 e. The number of rotatable bonds is 6. The van der Waals surface area contributed by atoms with Gasteiger partial charge in [-0.05, 0) is 18.9 Å². The van der Waals surface area contributed by atoms with Crippen molar-refractivity contribution in [1.82, 2.24) is 20.4 Å². The number of hydrogen-bond donors (Lipinski definition) is 2. The fourth-order valence-electron chi connectivity index (χ4n) is 3.95. The van der Waals surface area contributed by atoms with Crippen molar-refractivity contribution < 1.29 is 9.53 Å². The molecule has 156 valence electrons. The maximum absolute atomic E-state index is 12.1. The third kappa shape index (κ3) is 5.16. The quantitative estimate of drug-likeness (QED) is 0.753. The van der Waals surface area contributed by atoms with Gasteiger partial charge in [0.15, 0.2) is 0 Å². The van der Waals surface area contributed by atoms with Crippen LogP contribution in [0.1, 0.15) is 31.2 Å². The van der Waals surface area contributed by atoms with Crippen LogP contribution in [0.15, 0.2) is 24.3 Å². The minimum atomic E-state index is -0.179. The number of benzene rings is 1. The van der Waals surface area contributed by atoms with Crippen LogP contribution in [-0.2, 0) is 6.54 Å². The van der Waals surface area contributed by atoms with E-state index < -0.39 is 0 Å². The van der Waals surface area contributed by atoms with E-state index in [0.29, 0.717) is 11.2 Å². The Bertz CT molecular complexity index is 815. The summed E-state index contributed by atoms with van der Waals surface area (Å²) in [5.41, 5.74) is 1.21. The Morgan fingerprint density at radius 2 is 1.93 bits per heavy atom. The molecule has 0 atom stereocenters. The third-order valence-electron chi connectivity index (χ3n) is 5.55. The van der Waals surface area contributed by atoms with E-state index in [4.69, 9.17) is 4.74 Å². The number of nitrogens with zero attached hydrogens (tertiary/aromatic N) is 4. The molecule has 2 aliphatic rings. The average molecular weight is 417 g/mol. The Morgan fingerprint density at radius 1 is 1.17 bits per heavy atom. The van der Waals surface area contributed by atoms with Crippen LogP contribution < -0.4 is 20.3 Å². The molecule has 1 aromatic heterocycles. The van der Waals surface area contributed by atoms with Gasteiger partial charge >= 0.3 is 6.03 Å². The number of piperazine rings is 1. The van der Waals surface area contributed by atoms with Crippen molar-refractivity contribution in [3.63, 3.8) is 0 Å². The normalized spacial score (nSPS) is 18.0. The Balaban J connectivity index is 1.26. The molecule has 2 fully saturated rings. The van der Waals surface area contributed by atoms with Crippen LogP contribution in [0, 0.1) is 0 Å². The highest BCUT2D eigenvalue weighted by Gasteiger charge is 2.22. The number of urea groups is 1. The van der Waals surface area contributed by atoms with Gasteiger partial charge in [-0.1, -0.05) is 42.4 Å². The molecule has 0 spiro atoms. The zero-order valence-electron chi connectivity index (χ0n) is 16.8. The van der Waals surface area contributed by atoms with Crippen LogP contribution in [0.25, 0.3) is 0 Å². The van der Waals surface area contributed by atoms with E-state index in [2.05, 4.69) is 36.7 Å². The van der Waals surface area contributed by atoms with Crippen molar-refractivity contribution in [2.45, 2.75) is 38.3 Å². The summed E-state index contributed by atoms with van der Waals surface area (Å²) in [6.45, 7) is 4.54. The third-order valence-corrected chi connectivity index (χ3v) is 6.45. The molecule has 4 rings (SSSR count). The van der Waals surface area contributed by atoms with E-state index in [1.807, 2.05) is 18.2 Å². The molecule has 1 saturated carbocycles. The van der Waals surface area contributed by atoms with Crippen molar-refractivity contribution >= 4 is 27.6 Å². The SMILES string of the molecule is COc1ccccc1CN1CCN(c2nnc(NC(=O)NC3CCCC3)s2)CC1. The summed E-state index contributed by atoms with van der Waals surface area (Å²) in [7, 11) is 1.71. The molecule has 2 heterocycles. The lowest BCUT2D eigenvalue weighted by atomic mass is 10.1. The lowest BCUT2D eigenvalue weighted by molar-refractivity contribution is 0.246. The predicted octanol–water partition coefficient (Wildman–Crippen LogP) is 2.93. The maximum atomic E-state index is 12.1. The van der Waals surface area contributed by atoms with Crippen LogP contribution in [0.2, 0.25) is 0 Å². The lowest BCUT2D eigenvalue weighted by Gasteiger charge is -2.34. The van der Waals surface area contributed by atoms with Gasteiger partial charge in [-0.15, -0.1) is 10.2 Å². The Labute approximate surface area is 175 Å². The lowest BCUT2D eigenvalue weighted by Crippen LogP contribution is -2.46. The maximum Gasteiger partial charge on any atom is 0.321 e. The summed E-state index contributed by atoms with van der Waals surface area (Å²) in [5.74, 6) is 0.936. The number of methoxy groups -OCH3 is 1. The first-order valence-corrected chi connectivity index (χ1v) is 11.0. The van der Waals surface area contributed by atoms with Crippen LogP contribution >= 0.6 is 11.3 Å². The first-order chi connectivity index (χ1) is 14.2. The standard InChI is InChI=1S/C20H28N6O2S/c1-28-17-9-5-2-6-15(17)14-25-10-12-26(13-11-25)20-24-23-19(29-20)22-18(27)21-16-7-3-4-8-16/h2,5-6,9,16H,3-4,7-8,10-14H2,1H3,(H2,21,22,23,27). The van der Waals surface area contributed by atoms with E-state index in [0.717, 1.165) is 56.4 Å². The predicted molar refractivity (Wildman–Crippen MR) is 115 cm³/mol. The number of aromatic nitrogens is 2. The van der Waals surface area contributed by atoms with E-state index in [-0.39, 0.29) is 6.03 Å². The Morgan fingerprint density at radius 3 is 2.69 bits per heavy atom. The molecule has 0 bridgehead atoms. The molecule has 0 radical (unpaired) electrons. The number of anilines is 2. The highest BCUT2D eigenvalue weighted by molar-refractivity contribution is 7.19. The Kier molecular flexibility index (Phi) is 6.46. The summed E-state index contributed by atoms with van der Waals surface area (Å²) in [6, 6.07) is 8.27.